The minimum absolute atomic E-state index is 0.124. The molecule has 8 heteroatoms. The SMILES string of the molecule is CCC1(Nc2cc(F)nc(F)c2)CCC1NC(=O)c1cscn1. The predicted molar refractivity (Wildman–Crippen MR) is 83.4 cm³/mol. The summed E-state index contributed by atoms with van der Waals surface area (Å²) in [4.78, 5) is 19.2. The Morgan fingerprint density at radius 1 is 1.43 bits per heavy atom. The zero-order valence-electron chi connectivity index (χ0n) is 12.5. The molecule has 2 aromatic rings. The lowest BCUT2D eigenvalue weighted by Crippen LogP contribution is -2.64. The fourth-order valence-electron chi connectivity index (χ4n) is 2.89. The second-order valence-electron chi connectivity index (χ2n) is 5.57. The van der Waals surface area contributed by atoms with Crippen molar-refractivity contribution in [3.8, 4) is 0 Å². The van der Waals surface area contributed by atoms with Crippen LogP contribution in [0.5, 0.6) is 0 Å². The van der Waals surface area contributed by atoms with Crippen LogP contribution in [-0.2, 0) is 0 Å². The van der Waals surface area contributed by atoms with Crippen molar-refractivity contribution < 1.29 is 13.6 Å². The van der Waals surface area contributed by atoms with Crippen LogP contribution < -0.4 is 10.6 Å². The van der Waals surface area contributed by atoms with Crippen LogP contribution in [0.2, 0.25) is 0 Å². The molecule has 2 atom stereocenters. The van der Waals surface area contributed by atoms with Crippen LogP contribution in [0.25, 0.3) is 0 Å². The van der Waals surface area contributed by atoms with Crippen molar-refractivity contribution in [3.63, 3.8) is 0 Å². The number of hydrogen-bond donors (Lipinski definition) is 2. The third-order valence-corrected chi connectivity index (χ3v) is 4.89. The molecule has 3 rings (SSSR count). The van der Waals surface area contributed by atoms with Gasteiger partial charge in [-0.2, -0.15) is 13.8 Å². The Morgan fingerprint density at radius 2 is 2.17 bits per heavy atom. The number of halogens is 2. The number of thiazole rings is 1. The maximum Gasteiger partial charge on any atom is 0.271 e. The van der Waals surface area contributed by atoms with E-state index in [0.29, 0.717) is 17.8 Å². The van der Waals surface area contributed by atoms with Crippen LogP contribution in [0.4, 0.5) is 14.5 Å². The Labute approximate surface area is 136 Å². The Morgan fingerprint density at radius 3 is 2.70 bits per heavy atom. The number of carbonyl (C=O) groups is 1. The molecule has 2 aromatic heterocycles. The van der Waals surface area contributed by atoms with Crippen molar-refractivity contribution in [1.82, 2.24) is 15.3 Å². The van der Waals surface area contributed by atoms with E-state index < -0.39 is 17.4 Å². The lowest BCUT2D eigenvalue weighted by Gasteiger charge is -2.50. The number of rotatable bonds is 5. The van der Waals surface area contributed by atoms with E-state index in [2.05, 4.69) is 20.6 Å². The monoisotopic (exact) mass is 338 g/mol. The van der Waals surface area contributed by atoms with Gasteiger partial charge in [0, 0.05) is 23.2 Å². The van der Waals surface area contributed by atoms with E-state index in [1.54, 1.807) is 10.9 Å². The van der Waals surface area contributed by atoms with E-state index >= 15 is 0 Å². The molecule has 1 saturated carbocycles. The van der Waals surface area contributed by atoms with Crippen molar-refractivity contribution in [2.45, 2.75) is 37.8 Å². The van der Waals surface area contributed by atoms with Gasteiger partial charge < -0.3 is 10.6 Å². The summed E-state index contributed by atoms with van der Waals surface area (Å²) in [5.41, 5.74) is 1.88. The van der Waals surface area contributed by atoms with Crippen LogP contribution in [0.3, 0.4) is 0 Å². The molecule has 0 bridgehead atoms. The van der Waals surface area contributed by atoms with E-state index in [9.17, 15) is 13.6 Å². The van der Waals surface area contributed by atoms with Gasteiger partial charge in [0.2, 0.25) is 11.9 Å². The molecule has 2 N–H and O–H groups in total. The van der Waals surface area contributed by atoms with Crippen molar-refractivity contribution in [2.75, 3.05) is 5.32 Å². The van der Waals surface area contributed by atoms with E-state index in [-0.39, 0.29) is 11.9 Å². The molecule has 0 saturated heterocycles. The summed E-state index contributed by atoms with van der Waals surface area (Å²) in [6, 6.07) is 2.18. The van der Waals surface area contributed by atoms with Gasteiger partial charge in [-0.1, -0.05) is 6.92 Å². The highest BCUT2D eigenvalue weighted by Gasteiger charge is 2.46. The van der Waals surface area contributed by atoms with Crippen LogP contribution in [0, 0.1) is 11.9 Å². The van der Waals surface area contributed by atoms with Gasteiger partial charge in [-0.3, -0.25) is 4.79 Å². The maximum absolute atomic E-state index is 13.3. The van der Waals surface area contributed by atoms with E-state index in [0.717, 1.165) is 25.0 Å². The molecular weight excluding hydrogens is 322 g/mol. The van der Waals surface area contributed by atoms with Crippen molar-refractivity contribution in [3.05, 3.63) is 40.6 Å². The molecule has 0 spiro atoms. The van der Waals surface area contributed by atoms with Crippen molar-refractivity contribution in [2.24, 2.45) is 0 Å². The highest BCUT2D eigenvalue weighted by atomic mass is 32.1. The second kappa shape index (κ2) is 6.19. The first-order valence-electron chi connectivity index (χ1n) is 7.33. The molecule has 1 fully saturated rings. The molecule has 2 unspecified atom stereocenters. The van der Waals surface area contributed by atoms with Gasteiger partial charge in [-0.05, 0) is 19.3 Å². The first kappa shape index (κ1) is 15.8. The topological polar surface area (TPSA) is 66.9 Å². The third-order valence-electron chi connectivity index (χ3n) is 4.30. The Hall–Kier alpha value is -2.09. The largest absolute Gasteiger partial charge is 0.377 e. The molecule has 1 aliphatic rings. The standard InChI is InChI=1S/C15H16F2N4OS/c1-2-15(21-9-5-12(16)20-13(17)6-9)4-3-11(15)19-14(22)10-7-23-8-18-10/h5-8,11H,2-4H2,1H3,(H,19,22)(H,20,21). The summed E-state index contributed by atoms with van der Waals surface area (Å²) >= 11 is 1.35. The average Bonchev–Trinajstić information content (AvgIpc) is 3.02. The lowest BCUT2D eigenvalue weighted by atomic mass is 9.69. The van der Waals surface area contributed by atoms with Crippen molar-refractivity contribution >= 4 is 22.9 Å². The van der Waals surface area contributed by atoms with Crippen LogP contribution in [0.1, 0.15) is 36.7 Å². The molecule has 0 radical (unpaired) electrons. The summed E-state index contributed by atoms with van der Waals surface area (Å²) in [6.45, 7) is 1.97. The van der Waals surface area contributed by atoms with Crippen LogP contribution >= 0.6 is 11.3 Å². The molecule has 0 aromatic carbocycles. The zero-order chi connectivity index (χ0) is 16.4. The van der Waals surface area contributed by atoms with Gasteiger partial charge in [0.15, 0.2) is 0 Å². The number of hydrogen-bond acceptors (Lipinski definition) is 5. The minimum atomic E-state index is -0.874. The van der Waals surface area contributed by atoms with Crippen LogP contribution in [-0.4, -0.2) is 27.5 Å². The first-order chi connectivity index (χ1) is 11.0. The fraction of sp³-hybridized carbons (Fsp3) is 0.400. The Balaban J connectivity index is 1.74. The number of amides is 1. The molecule has 0 aliphatic heterocycles. The number of pyridine rings is 1. The number of nitrogens with zero attached hydrogens (tertiary/aromatic N) is 2. The van der Waals surface area contributed by atoms with Gasteiger partial charge in [-0.15, -0.1) is 11.3 Å². The van der Waals surface area contributed by atoms with E-state index in [1.807, 2.05) is 6.92 Å². The maximum atomic E-state index is 13.3. The van der Waals surface area contributed by atoms with Gasteiger partial charge >= 0.3 is 0 Å². The van der Waals surface area contributed by atoms with E-state index in [1.165, 1.54) is 11.3 Å². The summed E-state index contributed by atoms with van der Waals surface area (Å²) in [6.07, 6.45) is 2.31. The van der Waals surface area contributed by atoms with Gasteiger partial charge in [0.05, 0.1) is 17.1 Å². The minimum Gasteiger partial charge on any atom is -0.377 e. The van der Waals surface area contributed by atoms with Crippen LogP contribution in [0.15, 0.2) is 23.0 Å². The first-order valence-corrected chi connectivity index (χ1v) is 8.27. The predicted octanol–water partition coefficient (Wildman–Crippen LogP) is 2.97. The normalized spacial score (nSPS) is 23.2. The second-order valence-corrected chi connectivity index (χ2v) is 6.29. The summed E-state index contributed by atoms with van der Waals surface area (Å²) < 4.78 is 26.5. The third kappa shape index (κ3) is 3.17. The number of anilines is 1. The zero-order valence-corrected chi connectivity index (χ0v) is 13.3. The molecular formula is C15H16F2N4OS. The smallest absolute Gasteiger partial charge is 0.271 e. The van der Waals surface area contributed by atoms with Gasteiger partial charge in [0.25, 0.3) is 5.91 Å². The highest BCUT2D eigenvalue weighted by Crippen LogP contribution is 2.38. The van der Waals surface area contributed by atoms with Gasteiger partial charge in [0.1, 0.15) is 5.69 Å². The Bertz CT molecular complexity index is 685. The molecule has 2 heterocycles. The van der Waals surface area contributed by atoms with Gasteiger partial charge in [-0.25, -0.2) is 4.98 Å². The molecule has 23 heavy (non-hydrogen) atoms. The summed E-state index contributed by atoms with van der Waals surface area (Å²) in [5, 5.41) is 7.80. The Kier molecular flexibility index (Phi) is 4.25. The molecule has 1 aliphatic carbocycles. The molecule has 122 valence electrons. The summed E-state index contributed by atoms with van der Waals surface area (Å²) in [7, 11) is 0. The number of aromatic nitrogens is 2. The molecule has 5 nitrogen and oxygen atoms in total. The number of carbonyl (C=O) groups excluding carboxylic acids is 1. The summed E-state index contributed by atoms with van der Waals surface area (Å²) in [5.74, 6) is -1.98. The van der Waals surface area contributed by atoms with E-state index in [4.69, 9.17) is 0 Å². The lowest BCUT2D eigenvalue weighted by molar-refractivity contribution is 0.0851. The fourth-order valence-corrected chi connectivity index (χ4v) is 3.42. The molecule has 1 amide bonds. The average molecular weight is 338 g/mol. The quantitative estimate of drug-likeness (QED) is 0.823. The highest BCUT2D eigenvalue weighted by molar-refractivity contribution is 7.07. The van der Waals surface area contributed by atoms with Crippen molar-refractivity contribution in [1.29, 1.82) is 0 Å². The number of nitrogens with one attached hydrogen (secondary N) is 2.